The summed E-state index contributed by atoms with van der Waals surface area (Å²) in [6.07, 6.45) is 2.28. The van der Waals surface area contributed by atoms with Crippen LogP contribution in [0.25, 0.3) is 0 Å². The number of anilines is 1. The Morgan fingerprint density at radius 2 is 2.05 bits per heavy atom. The maximum atomic E-state index is 12.8. The predicted molar refractivity (Wildman–Crippen MR) is 88.9 cm³/mol. The van der Waals surface area contributed by atoms with E-state index in [1.165, 1.54) is 5.56 Å². The average molecular weight is 302 g/mol. The number of hydrogen-bond acceptors (Lipinski definition) is 2. The monoisotopic (exact) mass is 302 g/mol. The van der Waals surface area contributed by atoms with Crippen molar-refractivity contribution < 1.29 is 9.59 Å². The highest BCUT2D eigenvalue weighted by Gasteiger charge is 2.30. The molecule has 1 saturated heterocycles. The van der Waals surface area contributed by atoms with Gasteiger partial charge in [-0.05, 0) is 38.3 Å². The summed E-state index contributed by atoms with van der Waals surface area (Å²) in [6, 6.07) is 6.12. The zero-order chi connectivity index (χ0) is 16.3. The summed E-state index contributed by atoms with van der Waals surface area (Å²) >= 11 is 0. The van der Waals surface area contributed by atoms with Crippen LogP contribution < -0.4 is 4.90 Å². The fraction of sp³-hybridized carbons (Fsp3) is 0.556. The van der Waals surface area contributed by atoms with Crippen molar-refractivity contribution in [1.82, 2.24) is 4.90 Å². The normalized spacial score (nSPS) is 18.2. The van der Waals surface area contributed by atoms with Crippen molar-refractivity contribution in [1.29, 1.82) is 0 Å². The van der Waals surface area contributed by atoms with Crippen LogP contribution >= 0.6 is 0 Å². The lowest BCUT2D eigenvalue weighted by Crippen LogP contribution is -2.46. The van der Waals surface area contributed by atoms with Crippen molar-refractivity contribution >= 4 is 17.5 Å². The average Bonchev–Trinajstić information content (AvgIpc) is 2.53. The molecule has 1 unspecified atom stereocenters. The number of nitrogens with zero attached hydrogens (tertiary/aromatic N) is 2. The van der Waals surface area contributed by atoms with E-state index in [0.717, 1.165) is 30.6 Å². The molecular weight excluding hydrogens is 276 g/mol. The molecular formula is C18H26N2O2. The van der Waals surface area contributed by atoms with Crippen LogP contribution in [0.5, 0.6) is 0 Å². The smallest absolute Gasteiger partial charge is 0.231 e. The fourth-order valence-electron chi connectivity index (χ4n) is 3.20. The summed E-state index contributed by atoms with van der Waals surface area (Å²) in [4.78, 5) is 28.2. The van der Waals surface area contributed by atoms with Gasteiger partial charge in [-0.15, -0.1) is 0 Å². The number of piperidine rings is 1. The van der Waals surface area contributed by atoms with Gasteiger partial charge in [-0.3, -0.25) is 9.59 Å². The summed E-state index contributed by atoms with van der Waals surface area (Å²) in [5.74, 6) is 0.169. The van der Waals surface area contributed by atoms with E-state index in [-0.39, 0.29) is 17.7 Å². The van der Waals surface area contributed by atoms with Gasteiger partial charge in [-0.1, -0.05) is 24.6 Å². The molecule has 0 saturated carbocycles. The number of rotatable bonds is 3. The third kappa shape index (κ3) is 3.49. The van der Waals surface area contributed by atoms with Crippen molar-refractivity contribution in [3.63, 3.8) is 0 Å². The van der Waals surface area contributed by atoms with Gasteiger partial charge >= 0.3 is 0 Å². The molecule has 1 aromatic carbocycles. The molecule has 0 aliphatic carbocycles. The Kier molecular flexibility index (Phi) is 5.22. The molecule has 1 atom stereocenters. The van der Waals surface area contributed by atoms with Crippen LogP contribution in [0.2, 0.25) is 0 Å². The van der Waals surface area contributed by atoms with Gasteiger partial charge in [0.15, 0.2) is 0 Å². The Morgan fingerprint density at radius 1 is 1.32 bits per heavy atom. The number of amides is 2. The van der Waals surface area contributed by atoms with Gasteiger partial charge in [0.05, 0.1) is 5.92 Å². The Labute approximate surface area is 133 Å². The van der Waals surface area contributed by atoms with Crippen LogP contribution in [0.1, 0.15) is 37.3 Å². The van der Waals surface area contributed by atoms with Crippen molar-refractivity contribution in [3.05, 3.63) is 29.3 Å². The lowest BCUT2D eigenvalue weighted by Gasteiger charge is -2.34. The Balaban J connectivity index is 2.11. The minimum atomic E-state index is -0.0880. The highest BCUT2D eigenvalue weighted by atomic mass is 16.2. The molecule has 1 heterocycles. The van der Waals surface area contributed by atoms with Gasteiger partial charge in [-0.2, -0.15) is 0 Å². The maximum absolute atomic E-state index is 12.8. The van der Waals surface area contributed by atoms with E-state index in [2.05, 4.69) is 6.07 Å². The molecule has 120 valence electrons. The van der Waals surface area contributed by atoms with Crippen LogP contribution in [0.15, 0.2) is 18.2 Å². The van der Waals surface area contributed by atoms with Gasteiger partial charge in [0.2, 0.25) is 11.8 Å². The first-order chi connectivity index (χ1) is 10.4. The van der Waals surface area contributed by atoms with E-state index < -0.39 is 0 Å². The van der Waals surface area contributed by atoms with Crippen LogP contribution in [-0.2, 0) is 9.59 Å². The molecule has 0 bridgehead atoms. The molecule has 2 rings (SSSR count). The fourth-order valence-corrected chi connectivity index (χ4v) is 3.20. The van der Waals surface area contributed by atoms with Crippen molar-refractivity contribution in [2.24, 2.45) is 5.92 Å². The van der Waals surface area contributed by atoms with Crippen LogP contribution in [0, 0.1) is 19.8 Å². The van der Waals surface area contributed by atoms with Gasteiger partial charge in [0, 0.05) is 32.2 Å². The Hall–Kier alpha value is -1.84. The molecule has 0 N–H and O–H groups in total. The molecule has 4 heteroatoms. The Bertz CT molecular complexity index is 568. The first-order valence-corrected chi connectivity index (χ1v) is 8.06. The van der Waals surface area contributed by atoms with Crippen LogP contribution in [-0.4, -0.2) is 36.9 Å². The highest BCUT2D eigenvalue weighted by molar-refractivity contribution is 5.95. The SMILES string of the molecule is CCC(=O)N1CCCC(C(=O)N(C)c2ccc(C)cc2C)C1. The van der Waals surface area contributed by atoms with E-state index in [9.17, 15) is 9.59 Å². The van der Waals surface area contributed by atoms with Gasteiger partial charge in [-0.25, -0.2) is 0 Å². The maximum Gasteiger partial charge on any atom is 0.231 e. The van der Waals surface area contributed by atoms with Crippen molar-refractivity contribution in [2.75, 3.05) is 25.0 Å². The standard InChI is InChI=1S/C18H26N2O2/c1-5-17(21)20-10-6-7-15(12-20)18(22)19(4)16-9-8-13(2)11-14(16)3/h8-9,11,15H,5-7,10,12H2,1-4H3. The summed E-state index contributed by atoms with van der Waals surface area (Å²) in [5.41, 5.74) is 3.25. The number of aryl methyl sites for hydroxylation is 2. The Morgan fingerprint density at radius 3 is 2.68 bits per heavy atom. The third-order valence-electron chi connectivity index (χ3n) is 4.47. The second-order valence-electron chi connectivity index (χ2n) is 6.22. The van der Waals surface area contributed by atoms with E-state index >= 15 is 0 Å². The molecule has 4 nitrogen and oxygen atoms in total. The van der Waals surface area contributed by atoms with E-state index in [0.29, 0.717) is 13.0 Å². The minimum absolute atomic E-state index is 0.0880. The first-order valence-electron chi connectivity index (χ1n) is 8.06. The number of benzene rings is 1. The number of carbonyl (C=O) groups excluding carboxylic acids is 2. The topological polar surface area (TPSA) is 40.6 Å². The van der Waals surface area contributed by atoms with Crippen LogP contribution in [0.4, 0.5) is 5.69 Å². The molecule has 1 fully saturated rings. The number of hydrogen-bond donors (Lipinski definition) is 0. The zero-order valence-electron chi connectivity index (χ0n) is 14.1. The van der Waals surface area contributed by atoms with Crippen molar-refractivity contribution in [2.45, 2.75) is 40.0 Å². The zero-order valence-corrected chi connectivity index (χ0v) is 14.1. The van der Waals surface area contributed by atoms with E-state index in [4.69, 9.17) is 0 Å². The second-order valence-corrected chi connectivity index (χ2v) is 6.22. The highest BCUT2D eigenvalue weighted by Crippen LogP contribution is 2.25. The van der Waals surface area contributed by atoms with Gasteiger partial charge in [0.1, 0.15) is 0 Å². The lowest BCUT2D eigenvalue weighted by atomic mass is 9.96. The number of likely N-dealkylation sites (tertiary alicyclic amines) is 1. The number of carbonyl (C=O) groups is 2. The quantitative estimate of drug-likeness (QED) is 0.861. The molecule has 1 aliphatic heterocycles. The molecule has 22 heavy (non-hydrogen) atoms. The molecule has 1 aromatic rings. The van der Waals surface area contributed by atoms with Crippen molar-refractivity contribution in [3.8, 4) is 0 Å². The third-order valence-corrected chi connectivity index (χ3v) is 4.47. The lowest BCUT2D eigenvalue weighted by molar-refractivity contribution is -0.134. The summed E-state index contributed by atoms with van der Waals surface area (Å²) in [6.45, 7) is 7.29. The summed E-state index contributed by atoms with van der Waals surface area (Å²) in [7, 11) is 1.83. The van der Waals surface area contributed by atoms with E-state index in [1.54, 1.807) is 4.90 Å². The molecule has 0 spiro atoms. The molecule has 1 aliphatic rings. The minimum Gasteiger partial charge on any atom is -0.342 e. The molecule has 0 aromatic heterocycles. The largest absolute Gasteiger partial charge is 0.342 e. The molecule has 0 radical (unpaired) electrons. The summed E-state index contributed by atoms with van der Waals surface area (Å²) < 4.78 is 0. The summed E-state index contributed by atoms with van der Waals surface area (Å²) in [5, 5.41) is 0. The predicted octanol–water partition coefficient (Wildman–Crippen LogP) is 2.91. The van der Waals surface area contributed by atoms with Crippen LogP contribution in [0.3, 0.4) is 0 Å². The molecule has 2 amide bonds. The second kappa shape index (κ2) is 6.95. The van der Waals surface area contributed by atoms with Gasteiger partial charge < -0.3 is 9.80 Å². The van der Waals surface area contributed by atoms with Gasteiger partial charge in [0.25, 0.3) is 0 Å². The first kappa shape index (κ1) is 16.5. The van der Waals surface area contributed by atoms with E-state index in [1.807, 2.05) is 44.9 Å².